The van der Waals surface area contributed by atoms with Crippen molar-refractivity contribution in [2.75, 3.05) is 58.4 Å². The van der Waals surface area contributed by atoms with Gasteiger partial charge in [-0.15, -0.1) is 0 Å². The predicted octanol–water partition coefficient (Wildman–Crippen LogP) is 9.85. The zero-order chi connectivity index (χ0) is 98.3. The molecule has 3 aromatic carbocycles. The number of alkyl carbamates (subject to hydrolysis) is 1. The number of imide groups is 1. The normalized spacial score (nSPS) is 28.4. The number of anilines is 1. The summed E-state index contributed by atoms with van der Waals surface area (Å²) in [6.45, 7) is 17.9. The van der Waals surface area contributed by atoms with Crippen LogP contribution in [0.1, 0.15) is 184 Å². The molecule has 0 radical (unpaired) electrons. The van der Waals surface area contributed by atoms with Crippen molar-refractivity contribution in [2.24, 2.45) is 17.8 Å². The van der Waals surface area contributed by atoms with Crippen LogP contribution in [0, 0.1) is 58.9 Å². The number of ketones is 4. The second kappa shape index (κ2) is 51.5. The number of ether oxygens (including phenoxy) is 11. The number of unbranched alkanes of at least 4 members (excludes halogenated alkanes) is 2. The first-order valence-corrected chi connectivity index (χ1v) is 50.9. The van der Waals surface area contributed by atoms with Crippen LogP contribution in [0.25, 0.3) is 0 Å². The van der Waals surface area contributed by atoms with Gasteiger partial charge in [-0.1, -0.05) is 126 Å². The van der Waals surface area contributed by atoms with Gasteiger partial charge in [-0.2, -0.15) is 17.2 Å². The number of benzene rings is 3. The van der Waals surface area contributed by atoms with E-state index >= 15 is 0 Å². The molecule has 2 aliphatic carbocycles. The molecular formula is C97H126IN5O28S4. The van der Waals surface area contributed by atoms with Crippen molar-refractivity contribution in [3.63, 3.8) is 0 Å². The van der Waals surface area contributed by atoms with Crippen LogP contribution in [0.2, 0.25) is 0 Å². The molecular weight excluding hydrogens is 1940 g/mol. The summed E-state index contributed by atoms with van der Waals surface area (Å²) in [5, 5.41) is 65.9. The lowest BCUT2D eigenvalue weighted by atomic mass is 9.72. The Labute approximate surface area is 817 Å². The van der Waals surface area contributed by atoms with E-state index in [9.17, 15) is 78.3 Å². The summed E-state index contributed by atoms with van der Waals surface area (Å²) >= 11 is 4.25. The van der Waals surface area contributed by atoms with E-state index in [1.54, 1.807) is 78.1 Å². The van der Waals surface area contributed by atoms with Gasteiger partial charge in [-0.3, -0.25) is 52.9 Å². The van der Waals surface area contributed by atoms with Crippen LogP contribution in [0.15, 0.2) is 89.5 Å². The molecule has 2 bridgehead atoms. The van der Waals surface area contributed by atoms with Gasteiger partial charge in [0.1, 0.15) is 66.3 Å². The van der Waals surface area contributed by atoms with Crippen molar-refractivity contribution in [1.29, 1.82) is 0 Å². The van der Waals surface area contributed by atoms with Crippen molar-refractivity contribution in [2.45, 2.75) is 298 Å². The highest BCUT2D eigenvalue weighted by atomic mass is 127. The summed E-state index contributed by atoms with van der Waals surface area (Å²) in [4.78, 5) is 154. The number of carbonyl (C=O) groups excluding carboxylic acids is 11. The topological polar surface area (TPSA) is 451 Å². The molecule has 5 heterocycles. The first-order valence-electron chi connectivity index (χ1n) is 45.4. The number of hydrogen-bond donors (Lipinski definition) is 9. The van der Waals surface area contributed by atoms with Gasteiger partial charge < -0.3 is 98.4 Å². The highest BCUT2D eigenvalue weighted by Crippen LogP contribution is 2.47. The van der Waals surface area contributed by atoms with E-state index in [2.05, 4.69) is 45.1 Å². The van der Waals surface area contributed by atoms with Crippen LogP contribution in [0.5, 0.6) is 11.5 Å². The van der Waals surface area contributed by atoms with Gasteiger partial charge in [0.05, 0.1) is 89.8 Å². The van der Waals surface area contributed by atoms with E-state index in [-0.39, 0.29) is 169 Å². The molecule has 5 aliphatic heterocycles. The van der Waals surface area contributed by atoms with E-state index in [4.69, 9.17) is 56.9 Å². The Morgan fingerprint density at radius 3 is 2.21 bits per heavy atom. The summed E-state index contributed by atoms with van der Waals surface area (Å²) in [6.07, 6.45) is -8.87. The van der Waals surface area contributed by atoms with Crippen molar-refractivity contribution in [1.82, 2.24) is 21.0 Å². The summed E-state index contributed by atoms with van der Waals surface area (Å²) in [5.41, 5.74) is 3.74. The lowest BCUT2D eigenvalue weighted by Crippen LogP contribution is -2.64. The molecule has 5 fully saturated rings. The Bertz CT molecular complexity index is 4930. The minimum Gasteiger partial charge on any atom is -0.496 e. The molecule has 738 valence electrons. The van der Waals surface area contributed by atoms with Gasteiger partial charge in [-0.25, -0.2) is 4.79 Å². The molecule has 135 heavy (non-hydrogen) atoms. The van der Waals surface area contributed by atoms with Gasteiger partial charge in [0.15, 0.2) is 36.0 Å². The maximum absolute atomic E-state index is 14.6. The van der Waals surface area contributed by atoms with E-state index in [0.717, 1.165) is 17.3 Å². The number of nitrogens with zero attached hydrogens (tertiary/aromatic N) is 1. The van der Waals surface area contributed by atoms with Gasteiger partial charge in [0.2, 0.25) is 35.0 Å². The fraction of sp³-hybridized carbons (Fsp3) is 0.598. The first kappa shape index (κ1) is 109. The molecule has 10 rings (SSSR count). The average molecular weight is 2070 g/mol. The summed E-state index contributed by atoms with van der Waals surface area (Å²) in [6, 6.07) is 13.8. The SMILES string of the molecule is COC(=O)CC1=C2/C(=C/CSSC(C)(C)CCC(=O)CCCNC(=O)OCc3ccc(NC(=O)[C@H](C)CC(=O)[C@H](Cc4ccccc4)NC(=O)CCCCCN4C(=O)CC(SC)C4=O)cc3)[C@](O)(C#C/C=C\C#C[C@@H]2OC2OC(C)C(NOC3CC(O)C(SC(=O)c4c(C)c(I)c(OC5OC(C)C(O)C(OC)C5O)c(C)c4OC)C(C)O3)C(O)C2OC2CC(C)C(CC(C)=O)CO2)CC1=O. The number of hydroxylamine groups is 1. The maximum atomic E-state index is 14.6. The fourth-order valence-electron chi connectivity index (χ4n) is 16.9. The van der Waals surface area contributed by atoms with Crippen molar-refractivity contribution < 1.29 is 135 Å². The van der Waals surface area contributed by atoms with Crippen molar-refractivity contribution >= 4 is 137 Å². The first-order chi connectivity index (χ1) is 64.2. The minimum atomic E-state index is -2.18. The third kappa shape index (κ3) is 30.0. The number of Topliss-reactive ketones (excluding diaryl/α,β-unsaturated/α-hetero) is 4. The van der Waals surface area contributed by atoms with E-state index in [1.165, 1.54) is 78.7 Å². The van der Waals surface area contributed by atoms with Crippen molar-refractivity contribution in [3.05, 3.63) is 121 Å². The summed E-state index contributed by atoms with van der Waals surface area (Å²) in [5.74, 6) is 8.37. The largest absolute Gasteiger partial charge is 0.496 e. The van der Waals surface area contributed by atoms with E-state index in [0.29, 0.717) is 64.6 Å². The summed E-state index contributed by atoms with van der Waals surface area (Å²) in [7, 11) is 6.79. The molecule has 18 unspecified atom stereocenters. The Morgan fingerprint density at radius 1 is 0.800 bits per heavy atom. The number of methoxy groups -OCH3 is 3. The molecule has 33 nitrogen and oxygen atoms in total. The van der Waals surface area contributed by atoms with Gasteiger partial charge in [-0.05, 0) is 169 Å². The number of rotatable bonds is 45. The van der Waals surface area contributed by atoms with Gasteiger partial charge in [0, 0.05) is 116 Å². The van der Waals surface area contributed by atoms with Crippen LogP contribution in [-0.2, 0) is 104 Å². The van der Waals surface area contributed by atoms with Crippen LogP contribution in [0.3, 0.4) is 0 Å². The third-order valence-corrected chi connectivity index (χ3v) is 31.6. The lowest BCUT2D eigenvalue weighted by Gasteiger charge is -2.46. The molecule has 3 aromatic rings. The molecule has 5 amide bonds. The molecule has 9 N–H and O–H groups in total. The average Bonchev–Trinajstić information content (AvgIpc) is 0.976. The number of hydrogen-bond acceptors (Lipinski definition) is 33. The third-order valence-electron chi connectivity index (χ3n) is 24.8. The van der Waals surface area contributed by atoms with Crippen molar-refractivity contribution in [3.8, 4) is 35.2 Å². The number of amides is 5. The van der Waals surface area contributed by atoms with Crippen LogP contribution in [0.4, 0.5) is 10.5 Å². The predicted molar refractivity (Wildman–Crippen MR) is 514 cm³/mol. The zero-order valence-corrected chi connectivity index (χ0v) is 83.9. The Balaban J connectivity index is 0.716. The highest BCUT2D eigenvalue weighted by Gasteiger charge is 2.53. The van der Waals surface area contributed by atoms with Gasteiger partial charge in [0.25, 0.3) is 0 Å². The minimum absolute atomic E-state index is 0.00375. The molecule has 38 heteroatoms. The number of carbonyl (C=O) groups is 11. The molecule has 0 spiro atoms. The van der Waals surface area contributed by atoms with Crippen LogP contribution in [-0.4, -0.2) is 267 Å². The maximum Gasteiger partial charge on any atom is 0.407 e. The lowest BCUT2D eigenvalue weighted by molar-refractivity contribution is -0.335. The van der Waals surface area contributed by atoms with E-state index in [1.807, 2.05) is 73.7 Å². The summed E-state index contributed by atoms with van der Waals surface area (Å²) < 4.78 is 66.9. The fourth-order valence-corrected chi connectivity index (χ4v) is 21.9. The smallest absolute Gasteiger partial charge is 0.407 e. The van der Waals surface area contributed by atoms with E-state index < -0.39 is 162 Å². The number of fused-ring (bicyclic) bond motifs is 2. The standard InChI is InChI=1S/C97H126IN5O28S4/c1-52-43-76(123-51-62(52)44-54(3)104)129-88-83(113)81(102-131-77-47-69(107)89(59(8)125-77)134-92(117)78-55(4)80(98)86(56(5)85(78)121-12)130-93-84(114)87(122-13)82(112)58(7)127-93)57(6)126-94(88)128-71-29-21-15-16-23-37-97(119)49-70(108)65(46-75(111)120-11)79(71)66(97)36-41-133-135-96(9,10)38-35-64(105)28-25-39-99-95(118)124-50-61-31-33-63(34-32-61)100-90(115)53(2)42-68(106)67(45-60-26-19-17-20-27-60)101-73(109)30-22-18-24-40-103-74(110)48-72(132-14)91(103)116/h15-17,19-20,26-27,31-34,36,52-53,57-59,62,67,69,71-72,76-77,81-84,87-89,93-94,102,107,112-114,119H,18,22,24-25,28,30,35,38-51H2,1-14H3,(H,99,118)(H,100,115)(H,101,109)/b16-15-,66-36-/t52?,53-,57?,58?,59?,62?,67+,69?,71+,72?,76?,77?,81?,82?,83?,84?,87?,88?,89?,93?,94?,97+/m1/s1. The highest BCUT2D eigenvalue weighted by molar-refractivity contribution is 14.1. The van der Waals surface area contributed by atoms with Gasteiger partial charge >= 0.3 is 12.1 Å². The number of likely N-dealkylation sites (tertiary alicyclic amines) is 1. The second-order valence-electron chi connectivity index (χ2n) is 35.6. The number of aliphatic hydroxyl groups excluding tert-OH is 4. The molecule has 7 aliphatic rings. The Morgan fingerprint density at radius 2 is 1.53 bits per heavy atom. The Kier molecular flexibility index (Phi) is 41.7. The monoisotopic (exact) mass is 2060 g/mol. The molecule has 22 atom stereocenters. The number of nitrogens with one attached hydrogen (secondary N) is 4. The second-order valence-corrected chi connectivity index (χ2v) is 41.9. The van der Waals surface area contributed by atoms with Crippen LogP contribution >= 0.6 is 67.7 Å². The Hall–Kier alpha value is -7.66. The zero-order valence-electron chi connectivity index (χ0n) is 78.5. The number of halogens is 1. The van der Waals surface area contributed by atoms with Crippen LogP contribution < -0.4 is 30.9 Å². The molecule has 0 saturated carbocycles. The number of allylic oxidation sites excluding steroid dienone is 2. The number of aliphatic hydroxyl groups is 5. The number of thioether (sulfide) groups is 2. The quantitative estimate of drug-likeness (QED) is 0.00483. The molecule has 5 saturated heterocycles. The molecule has 0 aromatic heterocycles. The number of esters is 1.